The van der Waals surface area contributed by atoms with Gasteiger partial charge < -0.3 is 5.32 Å². The molecule has 3 atom stereocenters. The van der Waals surface area contributed by atoms with Crippen LogP contribution >= 0.6 is 11.6 Å². The molecule has 0 radical (unpaired) electrons. The monoisotopic (exact) mass is 280 g/mol. The summed E-state index contributed by atoms with van der Waals surface area (Å²) in [5, 5.41) is 4.47. The van der Waals surface area contributed by atoms with Crippen LogP contribution in [0.4, 0.5) is 0 Å². The van der Waals surface area contributed by atoms with Gasteiger partial charge in [-0.2, -0.15) is 0 Å². The number of likely N-dealkylation sites (N-methyl/N-ethyl adjacent to an activating group) is 1. The van der Waals surface area contributed by atoms with Crippen LogP contribution in [0.5, 0.6) is 0 Å². The van der Waals surface area contributed by atoms with E-state index in [1.165, 1.54) is 31.2 Å². The zero-order valence-electron chi connectivity index (χ0n) is 12.0. The number of hydrogen-bond donors (Lipinski definition) is 1. The predicted molar refractivity (Wildman–Crippen MR) is 81.5 cm³/mol. The van der Waals surface area contributed by atoms with Crippen molar-refractivity contribution in [3.8, 4) is 0 Å². The second-order valence-electron chi connectivity index (χ2n) is 5.68. The molecule has 1 fully saturated rings. The number of nitrogens with zero attached hydrogens (tertiary/aromatic N) is 1. The largest absolute Gasteiger partial charge is 0.314 e. The van der Waals surface area contributed by atoms with Crippen molar-refractivity contribution in [3.63, 3.8) is 0 Å². The van der Waals surface area contributed by atoms with E-state index in [0.717, 1.165) is 29.8 Å². The number of hydrogen-bond acceptors (Lipinski definition) is 2. The van der Waals surface area contributed by atoms with Crippen LogP contribution in [0.15, 0.2) is 18.5 Å². The average molecular weight is 281 g/mol. The molecule has 19 heavy (non-hydrogen) atoms. The molecule has 0 aliphatic heterocycles. The van der Waals surface area contributed by atoms with Crippen LogP contribution < -0.4 is 5.32 Å². The quantitative estimate of drug-likeness (QED) is 0.849. The van der Waals surface area contributed by atoms with E-state index < -0.39 is 0 Å². The molecule has 1 heterocycles. The van der Waals surface area contributed by atoms with Gasteiger partial charge in [0.2, 0.25) is 0 Å². The van der Waals surface area contributed by atoms with Crippen molar-refractivity contribution < 1.29 is 0 Å². The minimum absolute atomic E-state index is 0.557. The molecule has 1 aromatic rings. The van der Waals surface area contributed by atoms with Gasteiger partial charge in [-0.15, -0.1) is 0 Å². The van der Waals surface area contributed by atoms with E-state index in [4.69, 9.17) is 11.6 Å². The van der Waals surface area contributed by atoms with Crippen molar-refractivity contribution in [3.05, 3.63) is 29.0 Å². The molecule has 1 aliphatic rings. The number of nitrogens with one attached hydrogen (secondary N) is 1. The highest BCUT2D eigenvalue weighted by Crippen LogP contribution is 2.36. The van der Waals surface area contributed by atoms with Crippen molar-refractivity contribution in [2.45, 2.75) is 52.0 Å². The lowest BCUT2D eigenvalue weighted by molar-refractivity contribution is 0.349. The number of rotatable bonds is 6. The lowest BCUT2D eigenvalue weighted by atomic mass is 9.91. The van der Waals surface area contributed by atoms with Gasteiger partial charge in [-0.1, -0.05) is 38.3 Å². The maximum absolute atomic E-state index is 6.24. The third-order valence-corrected chi connectivity index (χ3v) is 4.83. The lowest BCUT2D eigenvalue weighted by Crippen LogP contribution is -2.37. The molecular weight excluding hydrogens is 256 g/mol. The maximum atomic E-state index is 6.24. The molecule has 2 rings (SSSR count). The van der Waals surface area contributed by atoms with Crippen LogP contribution in [-0.4, -0.2) is 17.6 Å². The van der Waals surface area contributed by atoms with Gasteiger partial charge >= 0.3 is 0 Å². The molecule has 3 unspecified atom stereocenters. The highest BCUT2D eigenvalue weighted by atomic mass is 35.5. The minimum atomic E-state index is 0.557. The first-order valence-corrected chi connectivity index (χ1v) is 7.94. The average Bonchev–Trinajstić information content (AvgIpc) is 2.89. The Morgan fingerprint density at radius 3 is 2.89 bits per heavy atom. The van der Waals surface area contributed by atoms with E-state index in [1.54, 1.807) is 6.20 Å². The van der Waals surface area contributed by atoms with Gasteiger partial charge in [0.05, 0.1) is 5.02 Å². The standard InChI is InChI=1S/C16H25ClN2/c1-3-12-5-6-14(9-12)16(19-4-2)10-13-7-8-18-11-15(13)17/h7-8,11-12,14,16,19H,3-6,9-10H2,1-2H3. The smallest absolute Gasteiger partial charge is 0.0621 e. The Morgan fingerprint density at radius 1 is 1.42 bits per heavy atom. The Kier molecular flexibility index (Phi) is 5.65. The Labute approximate surface area is 122 Å². The fourth-order valence-electron chi connectivity index (χ4n) is 3.32. The Hall–Kier alpha value is -0.600. The summed E-state index contributed by atoms with van der Waals surface area (Å²) in [7, 11) is 0. The van der Waals surface area contributed by atoms with Crippen LogP contribution in [-0.2, 0) is 6.42 Å². The highest BCUT2D eigenvalue weighted by Gasteiger charge is 2.29. The molecule has 3 heteroatoms. The summed E-state index contributed by atoms with van der Waals surface area (Å²) in [5.41, 5.74) is 1.22. The summed E-state index contributed by atoms with van der Waals surface area (Å²) in [6.45, 7) is 5.53. The molecule has 1 N–H and O–H groups in total. The maximum Gasteiger partial charge on any atom is 0.0621 e. The molecule has 1 aliphatic carbocycles. The third-order valence-electron chi connectivity index (χ3n) is 4.49. The van der Waals surface area contributed by atoms with Gasteiger partial charge in [-0.3, -0.25) is 4.98 Å². The molecule has 0 amide bonds. The van der Waals surface area contributed by atoms with Crippen molar-refractivity contribution in [2.24, 2.45) is 11.8 Å². The van der Waals surface area contributed by atoms with Crippen LogP contribution in [0.2, 0.25) is 5.02 Å². The fraction of sp³-hybridized carbons (Fsp3) is 0.688. The summed E-state index contributed by atoms with van der Waals surface area (Å²) in [6, 6.07) is 2.61. The molecule has 0 aromatic carbocycles. The van der Waals surface area contributed by atoms with E-state index in [-0.39, 0.29) is 0 Å². The van der Waals surface area contributed by atoms with E-state index in [9.17, 15) is 0 Å². The lowest BCUT2D eigenvalue weighted by Gasteiger charge is -2.25. The number of halogens is 1. The topological polar surface area (TPSA) is 24.9 Å². The number of pyridine rings is 1. The number of aromatic nitrogens is 1. The van der Waals surface area contributed by atoms with Gasteiger partial charge in [0.1, 0.15) is 0 Å². The highest BCUT2D eigenvalue weighted by molar-refractivity contribution is 6.31. The van der Waals surface area contributed by atoms with Crippen molar-refractivity contribution >= 4 is 11.6 Å². The summed E-state index contributed by atoms with van der Waals surface area (Å²) in [4.78, 5) is 4.07. The first kappa shape index (κ1) is 14.8. The van der Waals surface area contributed by atoms with Crippen LogP contribution in [0.1, 0.15) is 45.1 Å². The SMILES string of the molecule is CCNC(Cc1ccncc1Cl)C1CCC(CC)C1. The van der Waals surface area contributed by atoms with Gasteiger partial charge in [0.25, 0.3) is 0 Å². The van der Waals surface area contributed by atoms with Crippen molar-refractivity contribution in [1.82, 2.24) is 10.3 Å². The van der Waals surface area contributed by atoms with E-state index >= 15 is 0 Å². The first-order valence-electron chi connectivity index (χ1n) is 7.56. The van der Waals surface area contributed by atoms with E-state index in [1.807, 2.05) is 6.20 Å². The zero-order chi connectivity index (χ0) is 13.7. The van der Waals surface area contributed by atoms with Crippen LogP contribution in [0.25, 0.3) is 0 Å². The summed E-state index contributed by atoms with van der Waals surface area (Å²) >= 11 is 6.24. The molecule has 106 valence electrons. The Morgan fingerprint density at radius 2 is 2.26 bits per heavy atom. The Balaban J connectivity index is 2.02. The van der Waals surface area contributed by atoms with Crippen LogP contribution in [0.3, 0.4) is 0 Å². The van der Waals surface area contributed by atoms with E-state index in [2.05, 4.69) is 30.2 Å². The molecule has 0 saturated heterocycles. The van der Waals surface area contributed by atoms with Gasteiger partial charge in [-0.25, -0.2) is 0 Å². The van der Waals surface area contributed by atoms with Crippen molar-refractivity contribution in [1.29, 1.82) is 0 Å². The van der Waals surface area contributed by atoms with E-state index in [0.29, 0.717) is 6.04 Å². The fourth-order valence-corrected chi connectivity index (χ4v) is 3.52. The van der Waals surface area contributed by atoms with Gasteiger partial charge in [-0.05, 0) is 49.3 Å². The summed E-state index contributed by atoms with van der Waals surface area (Å²) in [6.07, 6.45) is 10.1. The van der Waals surface area contributed by atoms with Crippen LogP contribution in [0, 0.1) is 11.8 Å². The first-order chi connectivity index (χ1) is 9.24. The molecule has 0 bridgehead atoms. The normalized spacial score (nSPS) is 24.6. The molecule has 1 saturated carbocycles. The molecule has 2 nitrogen and oxygen atoms in total. The Bertz CT molecular complexity index is 394. The summed E-state index contributed by atoms with van der Waals surface area (Å²) in [5.74, 6) is 1.73. The van der Waals surface area contributed by atoms with Gasteiger partial charge in [0.15, 0.2) is 0 Å². The summed E-state index contributed by atoms with van der Waals surface area (Å²) < 4.78 is 0. The molecular formula is C16H25ClN2. The second kappa shape index (κ2) is 7.25. The van der Waals surface area contributed by atoms with Crippen molar-refractivity contribution in [2.75, 3.05) is 6.54 Å². The van der Waals surface area contributed by atoms with Gasteiger partial charge in [0, 0.05) is 18.4 Å². The third kappa shape index (κ3) is 3.93. The molecule has 1 aromatic heterocycles. The minimum Gasteiger partial charge on any atom is -0.314 e. The predicted octanol–water partition coefficient (Wildman–Crippen LogP) is 4.08. The molecule has 0 spiro atoms. The zero-order valence-corrected chi connectivity index (χ0v) is 12.8. The second-order valence-corrected chi connectivity index (χ2v) is 6.09.